The third kappa shape index (κ3) is 5.09. The minimum absolute atomic E-state index is 0.122. The number of hydrogen-bond donors (Lipinski definition) is 0. The number of ketones is 1. The predicted molar refractivity (Wildman–Crippen MR) is 161 cm³/mol. The lowest BCUT2D eigenvalue weighted by molar-refractivity contribution is -0.122. The number of esters is 1. The number of hydrogen-bond acceptors (Lipinski definition) is 6. The van der Waals surface area contributed by atoms with Gasteiger partial charge in [-0.3, -0.25) is 19.3 Å². The Morgan fingerprint density at radius 1 is 0.929 bits per heavy atom. The van der Waals surface area contributed by atoms with Crippen molar-refractivity contribution in [3.05, 3.63) is 94.5 Å². The number of anilines is 1. The van der Waals surface area contributed by atoms with Crippen LogP contribution in [0.2, 0.25) is 5.02 Å². The van der Waals surface area contributed by atoms with Crippen molar-refractivity contribution >= 4 is 51.8 Å². The normalized spacial score (nSPS) is 19.1. The topological polar surface area (TPSA) is 93.6 Å². The summed E-state index contributed by atoms with van der Waals surface area (Å²) in [4.78, 5) is 58.6. The van der Waals surface area contributed by atoms with Gasteiger partial charge in [-0.15, -0.1) is 0 Å². The summed E-state index contributed by atoms with van der Waals surface area (Å²) in [5.41, 5.74) is 3.93. The Hall–Kier alpha value is -4.36. The number of carbonyl (C=O) groups is 4. The van der Waals surface area contributed by atoms with Crippen LogP contribution in [0.1, 0.15) is 58.9 Å². The van der Waals surface area contributed by atoms with Gasteiger partial charge in [0.25, 0.3) is 0 Å². The molecule has 2 amide bonds. The Balaban J connectivity index is 1.30. The van der Waals surface area contributed by atoms with E-state index in [1.165, 1.54) is 11.8 Å². The first-order chi connectivity index (χ1) is 20.2. The minimum Gasteiger partial charge on any atom is -0.451 e. The third-order valence-corrected chi connectivity index (χ3v) is 8.44. The number of aryl methyl sites for hydroxylation is 1. The Kier molecular flexibility index (Phi) is 7.37. The SMILES string of the molecule is Cc1ccc2nc(-c3ccc(N4C(=O)[C@H]5CCCC[C@H]5C4=O)cc3)cc(C(=O)O[C@H](C)C(=O)c3cccc(Cl)c3)c2c1. The highest BCUT2D eigenvalue weighted by Crippen LogP contribution is 2.40. The third-order valence-electron chi connectivity index (χ3n) is 8.21. The number of ether oxygens (including phenoxy) is 1. The number of Topliss-reactive ketones (excluding diaryl/α,β-unsaturated/α-hetero) is 1. The van der Waals surface area contributed by atoms with Crippen molar-refractivity contribution in [1.29, 1.82) is 0 Å². The van der Waals surface area contributed by atoms with Crippen LogP contribution in [0.25, 0.3) is 22.2 Å². The second-order valence-electron chi connectivity index (χ2n) is 11.1. The smallest absolute Gasteiger partial charge is 0.339 e. The van der Waals surface area contributed by atoms with Gasteiger partial charge < -0.3 is 4.74 Å². The number of halogens is 1. The van der Waals surface area contributed by atoms with Gasteiger partial charge >= 0.3 is 5.97 Å². The number of benzene rings is 3. The summed E-state index contributed by atoms with van der Waals surface area (Å²) in [5.74, 6) is -1.70. The number of carbonyl (C=O) groups excluding carboxylic acids is 4. The fourth-order valence-electron chi connectivity index (χ4n) is 6.01. The van der Waals surface area contributed by atoms with Crippen LogP contribution < -0.4 is 4.90 Å². The Morgan fingerprint density at radius 3 is 2.29 bits per heavy atom. The van der Waals surface area contributed by atoms with Gasteiger partial charge in [0.05, 0.1) is 34.3 Å². The molecule has 1 saturated heterocycles. The van der Waals surface area contributed by atoms with Gasteiger partial charge in [-0.05, 0) is 69.2 Å². The average molecular weight is 581 g/mol. The van der Waals surface area contributed by atoms with Gasteiger partial charge in [-0.2, -0.15) is 0 Å². The average Bonchev–Trinajstić information content (AvgIpc) is 3.25. The van der Waals surface area contributed by atoms with Gasteiger partial charge in [0.1, 0.15) is 0 Å². The molecule has 4 aromatic rings. The molecule has 1 aliphatic carbocycles. The summed E-state index contributed by atoms with van der Waals surface area (Å²) >= 11 is 6.04. The van der Waals surface area contributed by atoms with Crippen LogP contribution in [0.5, 0.6) is 0 Å². The zero-order valence-electron chi connectivity index (χ0n) is 23.3. The van der Waals surface area contributed by atoms with E-state index in [2.05, 4.69) is 0 Å². The van der Waals surface area contributed by atoms with Crippen molar-refractivity contribution in [2.24, 2.45) is 11.8 Å². The van der Waals surface area contributed by atoms with Crippen LogP contribution >= 0.6 is 11.6 Å². The fraction of sp³-hybridized carbons (Fsp3) is 0.265. The lowest BCUT2D eigenvalue weighted by Crippen LogP contribution is -2.30. The lowest BCUT2D eigenvalue weighted by Gasteiger charge is -2.19. The number of nitrogens with zero attached hydrogens (tertiary/aromatic N) is 2. The summed E-state index contributed by atoms with van der Waals surface area (Å²) in [6.07, 6.45) is 2.42. The molecule has 2 fully saturated rings. The molecule has 1 saturated carbocycles. The maximum Gasteiger partial charge on any atom is 0.339 e. The zero-order valence-corrected chi connectivity index (χ0v) is 24.1. The Labute approximate surface area is 248 Å². The highest BCUT2D eigenvalue weighted by atomic mass is 35.5. The van der Waals surface area contributed by atoms with E-state index in [0.29, 0.717) is 38.4 Å². The van der Waals surface area contributed by atoms with Crippen molar-refractivity contribution in [1.82, 2.24) is 4.98 Å². The van der Waals surface area contributed by atoms with Gasteiger partial charge in [0.2, 0.25) is 17.6 Å². The van der Waals surface area contributed by atoms with Gasteiger partial charge in [-0.25, -0.2) is 9.78 Å². The van der Waals surface area contributed by atoms with Crippen molar-refractivity contribution in [2.75, 3.05) is 4.90 Å². The zero-order chi connectivity index (χ0) is 29.5. The first-order valence-corrected chi connectivity index (χ1v) is 14.5. The molecule has 2 heterocycles. The van der Waals surface area contributed by atoms with E-state index in [4.69, 9.17) is 21.3 Å². The first kappa shape index (κ1) is 27.8. The molecule has 1 aliphatic heterocycles. The molecule has 6 rings (SSSR count). The first-order valence-electron chi connectivity index (χ1n) is 14.1. The van der Waals surface area contributed by atoms with Crippen LogP contribution in [0.4, 0.5) is 5.69 Å². The van der Waals surface area contributed by atoms with E-state index in [1.807, 2.05) is 25.1 Å². The van der Waals surface area contributed by atoms with Gasteiger partial charge in [0.15, 0.2) is 6.10 Å². The maximum absolute atomic E-state index is 13.5. The molecular formula is C34H29ClN2O5. The summed E-state index contributed by atoms with van der Waals surface area (Å²) in [5, 5.41) is 1.03. The molecule has 1 aromatic heterocycles. The second-order valence-corrected chi connectivity index (χ2v) is 11.5. The predicted octanol–water partition coefficient (Wildman–Crippen LogP) is 6.97. The van der Waals surface area contributed by atoms with E-state index >= 15 is 0 Å². The number of imide groups is 1. The highest BCUT2D eigenvalue weighted by molar-refractivity contribution is 6.31. The highest BCUT2D eigenvalue weighted by Gasteiger charge is 2.48. The van der Waals surface area contributed by atoms with E-state index < -0.39 is 12.1 Å². The molecular weight excluding hydrogens is 552 g/mol. The monoisotopic (exact) mass is 580 g/mol. The molecule has 2 aliphatic rings. The largest absolute Gasteiger partial charge is 0.451 e. The second kappa shape index (κ2) is 11.1. The Morgan fingerprint density at radius 2 is 1.62 bits per heavy atom. The van der Waals surface area contributed by atoms with Gasteiger partial charge in [-0.1, -0.05) is 60.3 Å². The molecule has 8 heteroatoms. The summed E-state index contributed by atoms with van der Waals surface area (Å²) in [7, 11) is 0. The van der Waals surface area contributed by atoms with E-state index in [-0.39, 0.29) is 35.0 Å². The number of rotatable bonds is 6. The number of aromatic nitrogens is 1. The van der Waals surface area contributed by atoms with Crippen molar-refractivity contribution in [2.45, 2.75) is 45.6 Å². The summed E-state index contributed by atoms with van der Waals surface area (Å²) in [6.45, 7) is 3.45. The molecule has 212 valence electrons. The molecule has 3 aromatic carbocycles. The quantitative estimate of drug-likeness (QED) is 0.139. The van der Waals surface area contributed by atoms with Crippen LogP contribution in [0, 0.1) is 18.8 Å². The maximum atomic E-state index is 13.5. The fourth-order valence-corrected chi connectivity index (χ4v) is 6.20. The molecule has 0 spiro atoms. The lowest BCUT2D eigenvalue weighted by atomic mass is 9.81. The number of amides is 2. The van der Waals surface area contributed by atoms with Crippen molar-refractivity contribution in [3.8, 4) is 11.3 Å². The molecule has 0 unspecified atom stereocenters. The van der Waals surface area contributed by atoms with Crippen molar-refractivity contribution < 1.29 is 23.9 Å². The number of pyridine rings is 1. The van der Waals surface area contributed by atoms with Crippen molar-refractivity contribution in [3.63, 3.8) is 0 Å². The van der Waals surface area contributed by atoms with E-state index in [0.717, 1.165) is 31.2 Å². The molecule has 0 N–H and O–H groups in total. The summed E-state index contributed by atoms with van der Waals surface area (Å²) < 4.78 is 5.65. The molecule has 0 radical (unpaired) electrons. The molecule has 7 nitrogen and oxygen atoms in total. The van der Waals surface area contributed by atoms with Crippen LogP contribution in [0.15, 0.2) is 72.8 Å². The Bertz CT molecular complexity index is 1730. The van der Waals surface area contributed by atoms with Crippen LogP contribution in [-0.2, 0) is 14.3 Å². The van der Waals surface area contributed by atoms with E-state index in [1.54, 1.807) is 54.6 Å². The summed E-state index contributed by atoms with van der Waals surface area (Å²) in [6, 6.07) is 20.8. The van der Waals surface area contributed by atoms with Gasteiger partial charge in [0, 0.05) is 21.5 Å². The molecule has 42 heavy (non-hydrogen) atoms. The van der Waals surface area contributed by atoms with Crippen LogP contribution in [-0.4, -0.2) is 34.7 Å². The molecule has 0 bridgehead atoms. The van der Waals surface area contributed by atoms with E-state index in [9.17, 15) is 19.2 Å². The standard InChI is InChI=1S/C34H29ClN2O5/c1-19-10-15-29-27(16-19)28(34(41)42-20(2)31(38)22-6-5-7-23(35)17-22)18-30(36-29)21-11-13-24(14-12-21)37-32(39)25-8-3-4-9-26(25)33(37)40/h5-7,10-18,20,25-26H,3-4,8-9H2,1-2H3/t20-,25-,26+/m1/s1. The molecule has 3 atom stereocenters. The number of fused-ring (bicyclic) bond motifs is 2. The van der Waals surface area contributed by atoms with Crippen LogP contribution in [0.3, 0.4) is 0 Å². The minimum atomic E-state index is -1.04.